The Balaban J connectivity index is 0.000000310. The number of hydrogen-bond acceptors (Lipinski definition) is 4. The summed E-state index contributed by atoms with van der Waals surface area (Å²) in [6.45, 7) is 3.49. The van der Waals surface area contributed by atoms with Crippen LogP contribution in [0.4, 0.5) is 0 Å². The first-order valence-electron chi connectivity index (χ1n) is 3.97. The van der Waals surface area contributed by atoms with Crippen LogP contribution in [0.25, 0.3) is 0 Å². The van der Waals surface area contributed by atoms with Gasteiger partial charge in [0.15, 0.2) is 0 Å². The Kier molecular flexibility index (Phi) is 5.82. The molecule has 6 nitrogen and oxygen atoms in total. The van der Waals surface area contributed by atoms with Gasteiger partial charge in [-0.05, 0) is 0 Å². The van der Waals surface area contributed by atoms with E-state index < -0.39 is 5.97 Å². The molecule has 1 heterocycles. The fourth-order valence-electron chi connectivity index (χ4n) is 0.855. The number of carboxylic acid groups (broad SMARTS) is 1. The van der Waals surface area contributed by atoms with E-state index in [4.69, 9.17) is 15.6 Å². The van der Waals surface area contributed by atoms with Crippen molar-refractivity contribution in [2.24, 2.45) is 5.73 Å². The summed E-state index contributed by atoms with van der Waals surface area (Å²) < 4.78 is 0. The fraction of sp³-hybridized carbons (Fsp3) is 0.714. The van der Waals surface area contributed by atoms with Gasteiger partial charge in [-0.1, -0.05) is 0 Å². The molecule has 0 aromatic heterocycles. The molecular formula is C7H15N3O3. The lowest BCUT2D eigenvalue weighted by Gasteiger charge is -2.21. The molecule has 0 saturated carbocycles. The van der Waals surface area contributed by atoms with Crippen molar-refractivity contribution in [1.82, 2.24) is 10.6 Å². The maximum absolute atomic E-state index is 10.5. The van der Waals surface area contributed by atoms with E-state index in [1.807, 2.05) is 0 Å². The molecule has 1 aliphatic rings. The molecule has 0 spiro atoms. The van der Waals surface area contributed by atoms with Gasteiger partial charge >= 0.3 is 0 Å². The molecule has 6 heteroatoms. The average molecular weight is 189 g/mol. The molecule has 1 saturated heterocycles. The van der Waals surface area contributed by atoms with Crippen LogP contribution >= 0.6 is 0 Å². The number of carbonyl (C=O) groups is 2. The Hall–Kier alpha value is -1.14. The predicted octanol–water partition coefficient (Wildman–Crippen LogP) is -1.88. The second-order valence-corrected chi connectivity index (χ2v) is 2.63. The van der Waals surface area contributed by atoms with E-state index >= 15 is 0 Å². The van der Waals surface area contributed by atoms with Crippen molar-refractivity contribution in [2.45, 2.75) is 13.0 Å². The van der Waals surface area contributed by atoms with E-state index in [0.29, 0.717) is 6.54 Å². The summed E-state index contributed by atoms with van der Waals surface area (Å²) in [4.78, 5) is 19.5. The minimum atomic E-state index is -0.833. The standard InChI is InChI=1S/C5H11N3O.C2H4O2/c6-5(9)4-3-7-1-2-8-4;1-2(3)4/h4,7-8H,1-3H2,(H2,6,9);1H3,(H,3,4). The van der Waals surface area contributed by atoms with E-state index in [2.05, 4.69) is 10.6 Å². The lowest BCUT2D eigenvalue weighted by molar-refractivity contribution is -0.134. The summed E-state index contributed by atoms with van der Waals surface area (Å²) in [6.07, 6.45) is 0. The van der Waals surface area contributed by atoms with Crippen LogP contribution in [0.3, 0.4) is 0 Å². The SMILES string of the molecule is CC(=O)O.NC(=O)C1CNCCN1. The maximum Gasteiger partial charge on any atom is 0.300 e. The monoisotopic (exact) mass is 189 g/mol. The van der Waals surface area contributed by atoms with Gasteiger partial charge in [0.05, 0.1) is 6.04 Å². The number of carbonyl (C=O) groups excluding carboxylic acids is 1. The molecule has 0 aliphatic carbocycles. The van der Waals surface area contributed by atoms with Crippen molar-refractivity contribution in [3.05, 3.63) is 0 Å². The summed E-state index contributed by atoms with van der Waals surface area (Å²) in [5, 5.41) is 13.5. The minimum Gasteiger partial charge on any atom is -0.481 e. The van der Waals surface area contributed by atoms with E-state index in [1.165, 1.54) is 0 Å². The van der Waals surface area contributed by atoms with Crippen LogP contribution in [-0.4, -0.2) is 42.7 Å². The number of nitrogens with one attached hydrogen (secondary N) is 2. The van der Waals surface area contributed by atoms with Gasteiger partial charge in [0, 0.05) is 26.6 Å². The third-order valence-electron chi connectivity index (χ3n) is 1.38. The van der Waals surface area contributed by atoms with Crippen LogP contribution in [0, 0.1) is 0 Å². The van der Waals surface area contributed by atoms with E-state index in [1.54, 1.807) is 0 Å². The van der Waals surface area contributed by atoms with E-state index in [9.17, 15) is 4.79 Å². The lowest BCUT2D eigenvalue weighted by atomic mass is 10.2. The highest BCUT2D eigenvalue weighted by Gasteiger charge is 2.16. The minimum absolute atomic E-state index is 0.168. The molecule has 0 radical (unpaired) electrons. The van der Waals surface area contributed by atoms with Crippen molar-refractivity contribution in [3.63, 3.8) is 0 Å². The fourth-order valence-corrected chi connectivity index (χ4v) is 0.855. The van der Waals surface area contributed by atoms with Crippen LogP contribution in [0.2, 0.25) is 0 Å². The van der Waals surface area contributed by atoms with Crippen LogP contribution in [-0.2, 0) is 9.59 Å². The molecule has 5 N–H and O–H groups in total. The van der Waals surface area contributed by atoms with Crippen molar-refractivity contribution >= 4 is 11.9 Å². The quantitative estimate of drug-likeness (QED) is 0.386. The molecule has 1 fully saturated rings. The van der Waals surface area contributed by atoms with Crippen molar-refractivity contribution < 1.29 is 14.7 Å². The molecule has 1 amide bonds. The normalized spacial score (nSPS) is 21.2. The number of carboxylic acids is 1. The van der Waals surface area contributed by atoms with Gasteiger partial charge < -0.3 is 21.5 Å². The average Bonchev–Trinajstić information content (AvgIpc) is 2.05. The molecule has 76 valence electrons. The number of amides is 1. The molecule has 0 bridgehead atoms. The number of primary amides is 1. The van der Waals surface area contributed by atoms with Gasteiger partial charge in [0.2, 0.25) is 5.91 Å². The first-order chi connectivity index (χ1) is 6.04. The Labute approximate surface area is 76.5 Å². The molecule has 1 rings (SSSR count). The third kappa shape index (κ3) is 7.23. The number of hydrogen-bond donors (Lipinski definition) is 4. The summed E-state index contributed by atoms with van der Waals surface area (Å²) in [5.74, 6) is -1.11. The highest BCUT2D eigenvalue weighted by molar-refractivity contribution is 5.80. The summed E-state index contributed by atoms with van der Waals surface area (Å²) >= 11 is 0. The summed E-state index contributed by atoms with van der Waals surface area (Å²) in [7, 11) is 0. The Morgan fingerprint density at radius 1 is 1.46 bits per heavy atom. The van der Waals surface area contributed by atoms with Gasteiger partial charge in [-0.15, -0.1) is 0 Å². The second kappa shape index (κ2) is 6.38. The van der Waals surface area contributed by atoms with Crippen LogP contribution in [0.5, 0.6) is 0 Å². The molecule has 1 unspecified atom stereocenters. The highest BCUT2D eigenvalue weighted by atomic mass is 16.4. The van der Waals surface area contributed by atoms with Gasteiger partial charge in [0.25, 0.3) is 5.97 Å². The van der Waals surface area contributed by atoms with Crippen molar-refractivity contribution in [2.75, 3.05) is 19.6 Å². The predicted molar refractivity (Wildman–Crippen MR) is 47.2 cm³/mol. The zero-order valence-corrected chi connectivity index (χ0v) is 7.54. The molecule has 1 aliphatic heterocycles. The largest absolute Gasteiger partial charge is 0.481 e. The van der Waals surface area contributed by atoms with Crippen molar-refractivity contribution in [1.29, 1.82) is 0 Å². The molecule has 0 aromatic carbocycles. The van der Waals surface area contributed by atoms with Gasteiger partial charge in [0.1, 0.15) is 0 Å². The van der Waals surface area contributed by atoms with Crippen LogP contribution < -0.4 is 16.4 Å². The molecule has 0 aromatic rings. The Bertz CT molecular complexity index is 174. The summed E-state index contributed by atoms with van der Waals surface area (Å²) in [6, 6.07) is -0.168. The topological polar surface area (TPSA) is 104 Å². The van der Waals surface area contributed by atoms with E-state index in [-0.39, 0.29) is 11.9 Å². The van der Waals surface area contributed by atoms with Crippen LogP contribution in [0.15, 0.2) is 0 Å². The molecule has 1 atom stereocenters. The van der Waals surface area contributed by atoms with Gasteiger partial charge in [-0.2, -0.15) is 0 Å². The summed E-state index contributed by atoms with van der Waals surface area (Å²) in [5.41, 5.74) is 5.03. The lowest BCUT2D eigenvalue weighted by Crippen LogP contribution is -2.54. The highest BCUT2D eigenvalue weighted by Crippen LogP contribution is 1.83. The first kappa shape index (κ1) is 11.9. The Morgan fingerprint density at radius 2 is 2.00 bits per heavy atom. The van der Waals surface area contributed by atoms with Crippen LogP contribution in [0.1, 0.15) is 6.92 Å². The molecular weight excluding hydrogens is 174 g/mol. The third-order valence-corrected chi connectivity index (χ3v) is 1.38. The van der Waals surface area contributed by atoms with Crippen molar-refractivity contribution in [3.8, 4) is 0 Å². The van der Waals surface area contributed by atoms with E-state index in [0.717, 1.165) is 20.0 Å². The number of rotatable bonds is 1. The molecule has 13 heavy (non-hydrogen) atoms. The zero-order valence-electron chi connectivity index (χ0n) is 7.54. The second-order valence-electron chi connectivity index (χ2n) is 2.63. The van der Waals surface area contributed by atoms with Gasteiger partial charge in [-0.25, -0.2) is 0 Å². The number of nitrogens with two attached hydrogens (primary N) is 1. The zero-order chi connectivity index (χ0) is 10.3. The Morgan fingerprint density at radius 3 is 2.23 bits per heavy atom. The van der Waals surface area contributed by atoms with Gasteiger partial charge in [-0.3, -0.25) is 9.59 Å². The number of aliphatic carboxylic acids is 1. The first-order valence-corrected chi connectivity index (χ1v) is 3.97. The maximum atomic E-state index is 10.5. The number of piperazine rings is 1. The smallest absolute Gasteiger partial charge is 0.300 e.